The van der Waals surface area contributed by atoms with Gasteiger partial charge in [0, 0.05) is 30.4 Å². The van der Waals surface area contributed by atoms with E-state index in [0.717, 1.165) is 53.1 Å². The fraction of sp³-hybridized carbons (Fsp3) is 0.634. The van der Waals surface area contributed by atoms with Crippen molar-refractivity contribution in [1.29, 1.82) is 0 Å². The molecule has 2 fully saturated rings. The number of aliphatic hydroxyl groups is 3. The number of aliphatic hydroxyl groups excluding tert-OH is 1. The number of benzene rings is 2. The number of halogens is 1. The van der Waals surface area contributed by atoms with E-state index in [9.17, 15) is 29.7 Å². The number of carbonyl (C=O) groups is 3. The molecule has 2 heterocycles. The molecule has 4 rings (SSSR count). The summed E-state index contributed by atoms with van der Waals surface area (Å²) in [7, 11) is 0. The molecule has 3 atom stereocenters. The third-order valence-electron chi connectivity index (χ3n) is 7.95. The summed E-state index contributed by atoms with van der Waals surface area (Å²) >= 11 is 3.44. The van der Waals surface area contributed by atoms with Gasteiger partial charge in [0.1, 0.15) is 17.5 Å². The van der Waals surface area contributed by atoms with Gasteiger partial charge in [0.2, 0.25) is 0 Å². The Morgan fingerprint density at radius 3 is 1.70 bits per heavy atom. The number of hydrogen-bond acceptors (Lipinski definition) is 8. The first-order chi connectivity index (χ1) is 23.4. The van der Waals surface area contributed by atoms with Crippen molar-refractivity contribution in [3.05, 3.63) is 69.7 Å². The van der Waals surface area contributed by atoms with E-state index in [2.05, 4.69) is 15.9 Å². The molecular formula is C41H67BrN2O8S. The minimum atomic E-state index is -0.865. The summed E-state index contributed by atoms with van der Waals surface area (Å²) < 4.78 is 11.7. The molecule has 2 aromatic carbocycles. The molecule has 0 radical (unpaired) electrons. The Balaban J connectivity index is 0.000000822. The highest BCUT2D eigenvalue weighted by molar-refractivity contribution is 9.10. The van der Waals surface area contributed by atoms with Gasteiger partial charge < -0.3 is 34.5 Å². The maximum Gasteiger partial charge on any atom is 0.410 e. The van der Waals surface area contributed by atoms with Crippen LogP contribution >= 0.6 is 29.4 Å². The second-order valence-electron chi connectivity index (χ2n) is 16.6. The highest BCUT2D eigenvalue weighted by atomic mass is 79.9. The molecule has 2 aliphatic heterocycles. The minimum absolute atomic E-state index is 0. The minimum Gasteiger partial charge on any atom is -0.444 e. The van der Waals surface area contributed by atoms with Crippen molar-refractivity contribution in [2.24, 2.45) is 0 Å². The number of ether oxygens (including phenoxy) is 2. The van der Waals surface area contributed by atoms with Gasteiger partial charge in [0.15, 0.2) is 0 Å². The summed E-state index contributed by atoms with van der Waals surface area (Å²) in [6.07, 6.45) is 3.58. The van der Waals surface area contributed by atoms with Crippen LogP contribution in [0.3, 0.4) is 0 Å². The van der Waals surface area contributed by atoms with Gasteiger partial charge in [-0.1, -0.05) is 65.8 Å². The van der Waals surface area contributed by atoms with Crippen LogP contribution in [0.1, 0.15) is 125 Å². The average Bonchev–Trinajstić information content (AvgIpc) is 3.66. The van der Waals surface area contributed by atoms with Crippen LogP contribution < -0.4 is 0 Å². The Kier molecular flexibility index (Phi) is 20.4. The predicted octanol–water partition coefficient (Wildman–Crippen LogP) is 8.53. The third-order valence-corrected chi connectivity index (χ3v) is 8.73. The van der Waals surface area contributed by atoms with Crippen LogP contribution in [0.2, 0.25) is 0 Å². The molecule has 0 bridgehead atoms. The molecule has 10 nitrogen and oxygen atoms in total. The topological polar surface area (TPSA) is 137 Å². The molecule has 0 spiro atoms. The molecule has 0 saturated carbocycles. The lowest BCUT2D eigenvalue weighted by molar-refractivity contribution is -0.111. The molecule has 0 aliphatic carbocycles. The molecule has 2 aromatic rings. The number of hydrogen-bond donors (Lipinski definition) is 3. The first kappa shape index (κ1) is 50.4. The molecule has 302 valence electrons. The quantitative estimate of drug-likeness (QED) is 0.237. The molecule has 3 N–H and O–H groups in total. The molecule has 2 aliphatic rings. The first-order valence-corrected chi connectivity index (χ1v) is 18.6. The largest absolute Gasteiger partial charge is 0.444 e. The van der Waals surface area contributed by atoms with Crippen LogP contribution in [-0.2, 0) is 27.1 Å². The van der Waals surface area contributed by atoms with Crippen molar-refractivity contribution < 1.29 is 39.2 Å². The van der Waals surface area contributed by atoms with Crippen molar-refractivity contribution in [3.8, 4) is 0 Å². The van der Waals surface area contributed by atoms with Crippen LogP contribution in [0.25, 0.3) is 0 Å². The lowest BCUT2D eigenvalue weighted by atomic mass is 9.90. The molecule has 2 amide bonds. The fourth-order valence-electron chi connectivity index (χ4n) is 5.91. The summed E-state index contributed by atoms with van der Waals surface area (Å²) in [4.78, 5) is 37.8. The molecule has 53 heavy (non-hydrogen) atoms. The maximum absolute atomic E-state index is 12.5. The van der Waals surface area contributed by atoms with Crippen LogP contribution in [0.4, 0.5) is 9.59 Å². The second-order valence-corrected chi connectivity index (χ2v) is 17.5. The van der Waals surface area contributed by atoms with Gasteiger partial charge in [-0.3, -0.25) is 4.90 Å². The van der Waals surface area contributed by atoms with Crippen molar-refractivity contribution in [2.45, 2.75) is 156 Å². The van der Waals surface area contributed by atoms with E-state index < -0.39 is 28.5 Å². The Hall–Kier alpha value is -2.64. The van der Waals surface area contributed by atoms with E-state index >= 15 is 0 Å². The van der Waals surface area contributed by atoms with Crippen molar-refractivity contribution in [3.63, 3.8) is 0 Å². The van der Waals surface area contributed by atoms with Crippen LogP contribution in [-0.4, -0.2) is 91.2 Å². The molecule has 0 aromatic heterocycles. The zero-order chi connectivity index (χ0) is 38.8. The lowest BCUT2D eigenvalue weighted by Crippen LogP contribution is -2.42. The summed E-state index contributed by atoms with van der Waals surface area (Å²) in [5, 5.41) is 30.7. The van der Waals surface area contributed by atoms with Crippen molar-refractivity contribution in [1.82, 2.24) is 9.80 Å². The van der Waals surface area contributed by atoms with Gasteiger partial charge in [-0.05, 0) is 118 Å². The smallest absolute Gasteiger partial charge is 0.410 e. The van der Waals surface area contributed by atoms with E-state index in [4.69, 9.17) is 9.47 Å². The third kappa shape index (κ3) is 18.5. The SMILES string of the molecule is C.CC(C)(C)OC(=O)N1CCC[C@H]1C=O.CC(C)(O)Cc1ccccc1Br.CC(C)(O)Cc1ccccc1C(O)[C@@H]1CCCN1C(=O)OC(C)(C)C.S. The Labute approximate surface area is 334 Å². The Morgan fingerprint density at radius 1 is 0.774 bits per heavy atom. The molecular weight excluding hydrogens is 760 g/mol. The van der Waals surface area contributed by atoms with E-state index in [0.29, 0.717) is 25.9 Å². The van der Waals surface area contributed by atoms with Crippen molar-refractivity contribution >= 4 is 47.9 Å². The Morgan fingerprint density at radius 2 is 1.21 bits per heavy atom. The molecule has 1 unspecified atom stereocenters. The maximum atomic E-state index is 12.5. The molecule has 2 saturated heterocycles. The number of rotatable bonds is 7. The lowest BCUT2D eigenvalue weighted by Gasteiger charge is -2.32. The monoisotopic (exact) mass is 826 g/mol. The van der Waals surface area contributed by atoms with E-state index in [1.165, 1.54) is 4.90 Å². The zero-order valence-electron chi connectivity index (χ0n) is 32.7. The van der Waals surface area contributed by atoms with Crippen LogP contribution in [0.5, 0.6) is 0 Å². The van der Waals surface area contributed by atoms with E-state index in [-0.39, 0.29) is 45.2 Å². The number of aldehydes is 1. The second kappa shape index (κ2) is 21.5. The van der Waals surface area contributed by atoms with Gasteiger partial charge in [-0.2, -0.15) is 13.5 Å². The van der Waals surface area contributed by atoms with E-state index in [1.807, 2.05) is 104 Å². The normalized spacial score (nSPS) is 17.8. The highest BCUT2D eigenvalue weighted by Gasteiger charge is 2.38. The predicted molar refractivity (Wildman–Crippen MR) is 221 cm³/mol. The van der Waals surface area contributed by atoms with E-state index in [1.54, 1.807) is 18.7 Å². The fourth-order valence-corrected chi connectivity index (χ4v) is 6.34. The Bertz CT molecular complexity index is 1430. The summed E-state index contributed by atoms with van der Waals surface area (Å²) in [6.45, 7) is 19.3. The summed E-state index contributed by atoms with van der Waals surface area (Å²) in [5.74, 6) is 0. The number of amides is 2. The van der Waals surface area contributed by atoms with Gasteiger partial charge in [0.25, 0.3) is 0 Å². The van der Waals surface area contributed by atoms with Gasteiger partial charge in [-0.15, -0.1) is 0 Å². The van der Waals surface area contributed by atoms with Crippen LogP contribution in [0.15, 0.2) is 53.0 Å². The summed E-state index contributed by atoms with van der Waals surface area (Å²) in [5.41, 5.74) is 0.259. The van der Waals surface area contributed by atoms with Crippen molar-refractivity contribution in [2.75, 3.05) is 13.1 Å². The molecule has 12 heteroatoms. The van der Waals surface area contributed by atoms with Gasteiger partial charge in [-0.25, -0.2) is 9.59 Å². The number of likely N-dealkylation sites (tertiary alicyclic amines) is 2. The zero-order valence-corrected chi connectivity index (χ0v) is 35.3. The average molecular weight is 828 g/mol. The highest BCUT2D eigenvalue weighted by Crippen LogP contribution is 2.33. The standard InChI is InChI=1S/C20H31NO4.C10H13BrO.C10H17NO3.CH4.H2S/c1-19(2,3)25-18(23)21-12-8-11-16(21)17(22)15-10-7-6-9-14(15)13-20(4,5)24;1-10(2,12)7-8-5-3-4-6-9(8)11;1-10(2,3)14-9(13)11-6-4-5-8(11)7-12;;/h6-7,9-10,16-17,22,24H,8,11-13H2,1-5H3;3-6,12H,7H2,1-2H3;7-8H,4-6H2,1-3H3;1H4;1H2/t16-,17?;;8-;;/m0.0../s1. The number of carbonyl (C=O) groups excluding carboxylic acids is 3. The van der Waals surface area contributed by atoms with Gasteiger partial charge >= 0.3 is 12.2 Å². The van der Waals surface area contributed by atoms with Crippen LogP contribution in [0, 0.1) is 0 Å². The first-order valence-electron chi connectivity index (χ1n) is 17.8. The van der Waals surface area contributed by atoms with Gasteiger partial charge in [0.05, 0.1) is 29.4 Å². The summed E-state index contributed by atoms with van der Waals surface area (Å²) in [6, 6.07) is 14.9. The number of nitrogens with zero attached hydrogens (tertiary/aromatic N) is 2.